The van der Waals surface area contributed by atoms with E-state index in [-0.39, 0.29) is 11.8 Å². The van der Waals surface area contributed by atoms with E-state index in [0.717, 1.165) is 0 Å². The zero-order valence-electron chi connectivity index (χ0n) is 23.2. The smallest absolute Gasteiger partial charge is 0.343 e. The number of nitrogens with one attached hydrogen (secondary N) is 1. The van der Waals surface area contributed by atoms with Gasteiger partial charge in [0.25, 0.3) is 0 Å². The van der Waals surface area contributed by atoms with Crippen LogP contribution in [0.5, 0.6) is 5.75 Å². The zero-order valence-corrected chi connectivity index (χ0v) is 23.9. The molecule has 0 unspecified atom stereocenters. The van der Waals surface area contributed by atoms with Gasteiger partial charge in [0.1, 0.15) is 17.9 Å². The summed E-state index contributed by atoms with van der Waals surface area (Å²) < 4.78 is 17.3. The molecule has 43 heavy (non-hydrogen) atoms. The molecule has 0 aliphatic rings. The largest absolute Gasteiger partial charge is 0.456 e. The highest BCUT2D eigenvalue weighted by atomic mass is 35.5. The first-order valence-corrected chi connectivity index (χ1v) is 13.6. The quantitative estimate of drug-likeness (QED) is 0.105. The first kappa shape index (κ1) is 29.0. The van der Waals surface area contributed by atoms with Crippen molar-refractivity contribution in [1.29, 1.82) is 0 Å². The number of carbonyl (C=O) groups is 2. The molecule has 5 aromatic rings. The van der Waals surface area contributed by atoms with Crippen LogP contribution >= 0.6 is 11.6 Å². The Morgan fingerprint density at radius 2 is 1.51 bits per heavy atom. The average molecular weight is 593 g/mol. The molecule has 1 aromatic heterocycles. The minimum absolute atomic E-state index is 0.160. The van der Waals surface area contributed by atoms with Gasteiger partial charge in [-0.15, -0.1) is 10.2 Å². The average Bonchev–Trinajstić information content (AvgIpc) is 3.53. The Hall–Kier alpha value is -5.46. The van der Waals surface area contributed by atoms with E-state index < -0.39 is 24.1 Å². The number of aromatic nitrogens is 2. The molecule has 0 spiro atoms. The van der Waals surface area contributed by atoms with Crippen LogP contribution in [0.15, 0.2) is 101 Å². The number of hydrogen-bond acceptors (Lipinski definition) is 8. The molecule has 0 radical (unpaired) electrons. The van der Waals surface area contributed by atoms with Gasteiger partial charge >= 0.3 is 11.9 Å². The fourth-order valence-electron chi connectivity index (χ4n) is 4.22. The van der Waals surface area contributed by atoms with Gasteiger partial charge in [-0.05, 0) is 74.0 Å². The molecule has 1 heterocycles. The van der Waals surface area contributed by atoms with Gasteiger partial charge in [0.2, 0.25) is 17.5 Å². The molecule has 9 nitrogen and oxygen atoms in total. The van der Waals surface area contributed by atoms with E-state index in [1.54, 1.807) is 98.8 Å². The van der Waals surface area contributed by atoms with Crippen molar-refractivity contribution >= 4 is 34.9 Å². The Bertz CT molecular complexity index is 1780. The molecular weight excluding hydrogens is 568 g/mol. The van der Waals surface area contributed by atoms with Gasteiger partial charge in [-0.3, -0.25) is 0 Å². The van der Waals surface area contributed by atoms with Gasteiger partial charge in [-0.1, -0.05) is 54.1 Å². The SMILES string of the molecule is [C-]#[N+]c1ccc(N[C@@H](c2nnc(-c3ccc(OC(=O)c4ccccc4)cc3)o2)[C@H](C)OC(=O)c2ccccc2)c(C)c1Cl. The predicted molar refractivity (Wildman–Crippen MR) is 161 cm³/mol. The highest BCUT2D eigenvalue weighted by Gasteiger charge is 2.30. The van der Waals surface area contributed by atoms with Crippen LogP contribution in [0.2, 0.25) is 5.02 Å². The maximum Gasteiger partial charge on any atom is 0.343 e. The molecule has 0 saturated carbocycles. The lowest BCUT2D eigenvalue weighted by Gasteiger charge is -2.24. The van der Waals surface area contributed by atoms with E-state index in [1.165, 1.54) is 0 Å². The number of esters is 2. The lowest BCUT2D eigenvalue weighted by Crippen LogP contribution is -2.29. The number of carbonyl (C=O) groups excluding carboxylic acids is 2. The third-order valence-electron chi connectivity index (χ3n) is 6.60. The van der Waals surface area contributed by atoms with Crippen LogP contribution in [-0.4, -0.2) is 28.2 Å². The summed E-state index contributed by atoms with van der Waals surface area (Å²) in [5.41, 5.74) is 2.99. The highest BCUT2D eigenvalue weighted by Crippen LogP contribution is 2.36. The molecule has 10 heteroatoms. The highest BCUT2D eigenvalue weighted by molar-refractivity contribution is 6.34. The second-order valence-corrected chi connectivity index (χ2v) is 9.88. The monoisotopic (exact) mass is 592 g/mol. The molecule has 0 saturated heterocycles. The number of hydrogen-bond donors (Lipinski definition) is 1. The summed E-state index contributed by atoms with van der Waals surface area (Å²) in [4.78, 5) is 28.7. The molecule has 1 N–H and O–H groups in total. The van der Waals surface area contributed by atoms with Crippen molar-refractivity contribution in [2.24, 2.45) is 0 Å². The molecule has 214 valence electrons. The first-order chi connectivity index (χ1) is 20.8. The third-order valence-corrected chi connectivity index (χ3v) is 7.07. The first-order valence-electron chi connectivity index (χ1n) is 13.2. The van der Waals surface area contributed by atoms with Gasteiger partial charge in [-0.2, -0.15) is 0 Å². The Morgan fingerprint density at radius 1 is 0.884 bits per heavy atom. The third kappa shape index (κ3) is 6.72. The normalized spacial score (nSPS) is 12.0. The van der Waals surface area contributed by atoms with Crippen LogP contribution in [0.1, 0.15) is 45.1 Å². The Balaban J connectivity index is 1.39. The minimum Gasteiger partial charge on any atom is -0.456 e. The maximum absolute atomic E-state index is 12.9. The van der Waals surface area contributed by atoms with Crippen molar-refractivity contribution in [3.05, 3.63) is 136 Å². The van der Waals surface area contributed by atoms with Crippen molar-refractivity contribution in [3.8, 4) is 17.2 Å². The molecule has 0 aliphatic carbocycles. The van der Waals surface area contributed by atoms with Crippen molar-refractivity contribution in [2.45, 2.75) is 26.0 Å². The van der Waals surface area contributed by atoms with Gasteiger partial charge < -0.3 is 19.2 Å². The second-order valence-electron chi connectivity index (χ2n) is 9.51. The van der Waals surface area contributed by atoms with Gasteiger partial charge in [0.05, 0.1) is 22.7 Å². The van der Waals surface area contributed by atoms with E-state index in [9.17, 15) is 9.59 Å². The van der Waals surface area contributed by atoms with E-state index in [1.807, 2.05) is 12.1 Å². The topological polar surface area (TPSA) is 108 Å². The molecule has 2 atom stereocenters. The van der Waals surface area contributed by atoms with E-state index in [2.05, 4.69) is 20.4 Å². The van der Waals surface area contributed by atoms with E-state index in [0.29, 0.717) is 44.4 Å². The summed E-state index contributed by atoms with van der Waals surface area (Å²) in [7, 11) is 0. The van der Waals surface area contributed by atoms with Crippen LogP contribution in [0.25, 0.3) is 16.3 Å². The van der Waals surface area contributed by atoms with E-state index >= 15 is 0 Å². The molecule has 0 amide bonds. The Morgan fingerprint density at radius 3 is 2.14 bits per heavy atom. The number of nitrogens with zero attached hydrogens (tertiary/aromatic N) is 3. The minimum atomic E-state index is -0.770. The summed E-state index contributed by atoms with van der Waals surface area (Å²) in [6.07, 6.45) is -0.764. The molecule has 0 fully saturated rings. The van der Waals surface area contributed by atoms with E-state index in [4.69, 9.17) is 32.1 Å². The fraction of sp³-hybridized carbons (Fsp3) is 0.121. The number of rotatable bonds is 9. The van der Waals surface area contributed by atoms with Crippen LogP contribution in [-0.2, 0) is 4.74 Å². The van der Waals surface area contributed by atoms with Crippen molar-refractivity contribution < 1.29 is 23.5 Å². The number of benzene rings is 4. The van der Waals surface area contributed by atoms with Crippen LogP contribution in [0.4, 0.5) is 11.4 Å². The van der Waals surface area contributed by atoms with Crippen molar-refractivity contribution in [3.63, 3.8) is 0 Å². The summed E-state index contributed by atoms with van der Waals surface area (Å²) in [6, 6.07) is 26.5. The van der Waals surface area contributed by atoms with Crippen molar-refractivity contribution in [2.75, 3.05) is 5.32 Å². The predicted octanol–water partition coefficient (Wildman–Crippen LogP) is 7.87. The maximum atomic E-state index is 12.9. The van der Waals surface area contributed by atoms with Crippen LogP contribution in [0, 0.1) is 13.5 Å². The second kappa shape index (κ2) is 13.0. The summed E-state index contributed by atoms with van der Waals surface area (Å²) >= 11 is 6.41. The number of ether oxygens (including phenoxy) is 2. The Labute approximate surface area is 252 Å². The number of halogens is 1. The standard InChI is InChI=1S/C33H25ClN4O5/c1-20-26(18-19-27(35-3)28(20)34)36-29(21(2)41-32(39)23-10-6-4-7-11-23)31-38-37-30(43-31)22-14-16-25(17-15-22)42-33(40)24-12-8-5-9-13-24/h4-19,21,29,36H,1-2H3/t21-,29+/m0/s1. The molecular formula is C33H25ClN4O5. The number of anilines is 1. The van der Waals surface area contributed by atoms with Gasteiger partial charge in [-0.25, -0.2) is 14.4 Å². The van der Waals surface area contributed by atoms with Gasteiger partial charge in [0, 0.05) is 11.3 Å². The lowest BCUT2D eigenvalue weighted by molar-refractivity contribution is 0.0282. The van der Waals surface area contributed by atoms with Crippen molar-refractivity contribution in [1.82, 2.24) is 10.2 Å². The lowest BCUT2D eigenvalue weighted by atomic mass is 10.1. The summed E-state index contributed by atoms with van der Waals surface area (Å²) in [5, 5.41) is 12.1. The Kier molecular flexibility index (Phi) is 8.79. The summed E-state index contributed by atoms with van der Waals surface area (Å²) in [5.74, 6) is -0.261. The van der Waals surface area contributed by atoms with Crippen LogP contribution in [0.3, 0.4) is 0 Å². The zero-order chi connectivity index (χ0) is 30.3. The summed E-state index contributed by atoms with van der Waals surface area (Å²) in [6.45, 7) is 10.8. The molecule has 4 aromatic carbocycles. The van der Waals surface area contributed by atoms with Crippen LogP contribution < -0.4 is 10.1 Å². The molecule has 0 bridgehead atoms. The van der Waals surface area contributed by atoms with Gasteiger partial charge in [0.15, 0.2) is 0 Å². The fourth-order valence-corrected chi connectivity index (χ4v) is 4.43. The molecule has 5 rings (SSSR count). The molecule has 0 aliphatic heterocycles.